The molecule has 6 rings (SSSR count). The van der Waals surface area contributed by atoms with Crippen molar-refractivity contribution < 1.29 is 62.2 Å². The highest BCUT2D eigenvalue weighted by Gasteiger charge is 2.49. The molecule has 0 saturated carbocycles. The number of nitrogens with zero attached hydrogens (tertiary/aromatic N) is 1. The Bertz CT molecular complexity index is 2610. The van der Waals surface area contributed by atoms with Crippen LogP contribution >= 0.6 is 0 Å². The van der Waals surface area contributed by atoms with Crippen molar-refractivity contribution in [3.8, 4) is 0 Å². The molecule has 15 heteroatoms. The fourth-order valence-electron chi connectivity index (χ4n) is 8.45. The average molecular weight is 1020 g/mol. The minimum absolute atomic E-state index is 0.0244. The number of hydrogen-bond donors (Lipinski definition) is 2. The summed E-state index contributed by atoms with van der Waals surface area (Å²) in [5, 5.41) is 13.0. The number of nitrogens with one attached hydrogen (secondary N) is 1. The van der Waals surface area contributed by atoms with E-state index in [4.69, 9.17) is 42.9 Å². The summed E-state index contributed by atoms with van der Waals surface area (Å²) < 4.78 is 52.2. The van der Waals surface area contributed by atoms with Crippen LogP contribution in [-0.2, 0) is 82.0 Å². The quantitative estimate of drug-likeness (QED) is 0.0522. The topological polar surface area (TPSA) is 187 Å². The Balaban J connectivity index is 1.57. The number of hydrogen-bond acceptors (Lipinski definition) is 13. The fourth-order valence-corrected chi connectivity index (χ4v) is 8.45. The second-order valence-corrected chi connectivity index (χ2v) is 21.3. The molecule has 0 radical (unpaired) electrons. The van der Waals surface area contributed by atoms with Crippen LogP contribution in [-0.4, -0.2) is 94.1 Å². The van der Waals surface area contributed by atoms with Crippen LogP contribution in [0.25, 0.3) is 0 Å². The lowest BCUT2D eigenvalue weighted by Gasteiger charge is -2.46. The summed E-state index contributed by atoms with van der Waals surface area (Å²) >= 11 is 0. The van der Waals surface area contributed by atoms with E-state index in [9.17, 15) is 24.3 Å². The number of carbonyl (C=O) groups is 4. The lowest BCUT2D eigenvalue weighted by Crippen LogP contribution is -2.61. The maximum Gasteiger partial charge on any atom is 0.408 e. The van der Waals surface area contributed by atoms with E-state index in [0.717, 1.165) is 22.3 Å². The Morgan fingerprint density at radius 3 is 1.41 bits per heavy atom. The molecule has 5 aromatic rings. The van der Waals surface area contributed by atoms with Gasteiger partial charge >= 0.3 is 24.0 Å². The fraction of sp³-hybridized carbons (Fsp3) is 0.441. The van der Waals surface area contributed by atoms with Gasteiger partial charge in [0.05, 0.1) is 61.7 Å². The molecule has 1 aliphatic rings. The van der Waals surface area contributed by atoms with E-state index < -0.39 is 83.8 Å². The molecule has 2 N–H and O–H groups in total. The van der Waals surface area contributed by atoms with E-state index in [2.05, 4.69) is 5.32 Å². The van der Waals surface area contributed by atoms with Gasteiger partial charge < -0.3 is 48.3 Å². The Kier molecular flexibility index (Phi) is 19.7. The van der Waals surface area contributed by atoms with E-state index in [1.165, 1.54) is 0 Å². The van der Waals surface area contributed by atoms with Crippen molar-refractivity contribution in [2.24, 2.45) is 0 Å². The van der Waals surface area contributed by atoms with Crippen LogP contribution in [0.5, 0.6) is 0 Å². The minimum Gasteiger partial charge on any atom is -0.480 e. The van der Waals surface area contributed by atoms with E-state index >= 15 is 0 Å². The van der Waals surface area contributed by atoms with Gasteiger partial charge in [-0.3, -0.25) is 4.98 Å². The van der Waals surface area contributed by atoms with Gasteiger partial charge in [0.1, 0.15) is 47.3 Å². The summed E-state index contributed by atoms with van der Waals surface area (Å²) in [7, 11) is 0. The molecule has 1 aromatic heterocycles. The number of benzene rings is 4. The van der Waals surface area contributed by atoms with Crippen molar-refractivity contribution in [1.82, 2.24) is 10.3 Å². The van der Waals surface area contributed by atoms with Crippen molar-refractivity contribution in [2.75, 3.05) is 6.61 Å². The smallest absolute Gasteiger partial charge is 0.408 e. The zero-order chi connectivity index (χ0) is 53.6. The van der Waals surface area contributed by atoms with Gasteiger partial charge in [-0.2, -0.15) is 0 Å². The average Bonchev–Trinajstić information content (AvgIpc) is 3.32. The SMILES string of the molecule is Cc1nc(C[C@H](NC(=O)OC(C)(C)C)C(=O)O)c(C(=O)OC(C)(C)C)c(C[C@@H]2O[C@H](COCc3ccccc3)[C@H](OCc3ccccc3)[C@H](OCc3ccccc3)[C@H]2OCc2ccccc2)c1C(=O)OC(C)(C)C. The number of aryl methyl sites for hydroxylation is 1. The number of alkyl carbamates (subject to hydrolysis) is 1. The lowest BCUT2D eigenvalue weighted by molar-refractivity contribution is -0.272. The molecule has 1 saturated heterocycles. The van der Waals surface area contributed by atoms with Crippen LogP contribution in [0.1, 0.15) is 122 Å². The highest BCUT2D eigenvalue weighted by molar-refractivity contribution is 6.00. The minimum atomic E-state index is -1.64. The molecule has 1 fully saturated rings. The molecule has 0 bridgehead atoms. The largest absolute Gasteiger partial charge is 0.480 e. The van der Waals surface area contributed by atoms with Crippen LogP contribution in [0, 0.1) is 6.92 Å². The number of esters is 2. The maximum absolute atomic E-state index is 15.0. The van der Waals surface area contributed by atoms with Gasteiger partial charge in [-0.15, -0.1) is 0 Å². The molecule has 0 aliphatic carbocycles. The molecule has 0 spiro atoms. The molecular formula is C59H72N2O13. The van der Waals surface area contributed by atoms with Gasteiger partial charge in [-0.05, 0) is 97.1 Å². The zero-order valence-electron chi connectivity index (χ0n) is 44.3. The summed E-state index contributed by atoms with van der Waals surface area (Å²) in [5.74, 6) is -3.12. The van der Waals surface area contributed by atoms with Gasteiger partial charge in [0.15, 0.2) is 0 Å². The number of carbonyl (C=O) groups excluding carboxylic acids is 3. The summed E-state index contributed by atoms with van der Waals surface area (Å²) in [6.07, 6.45) is -6.26. The monoisotopic (exact) mass is 1020 g/mol. The predicted molar refractivity (Wildman–Crippen MR) is 277 cm³/mol. The summed E-state index contributed by atoms with van der Waals surface area (Å²) in [5.41, 5.74) is 0.465. The molecule has 6 atom stereocenters. The van der Waals surface area contributed by atoms with Crippen molar-refractivity contribution in [2.45, 2.75) is 162 Å². The van der Waals surface area contributed by atoms with Crippen LogP contribution in [0.4, 0.5) is 4.79 Å². The third-order valence-corrected chi connectivity index (χ3v) is 11.5. The van der Waals surface area contributed by atoms with Gasteiger partial charge in [0.25, 0.3) is 0 Å². The van der Waals surface area contributed by atoms with Crippen LogP contribution in [0.3, 0.4) is 0 Å². The Morgan fingerprint density at radius 1 is 0.568 bits per heavy atom. The number of aliphatic carboxylic acids is 1. The molecule has 74 heavy (non-hydrogen) atoms. The molecule has 0 unspecified atom stereocenters. The number of pyridine rings is 1. The molecule has 15 nitrogen and oxygen atoms in total. The van der Waals surface area contributed by atoms with Gasteiger partial charge in [0, 0.05) is 12.8 Å². The Hall–Kier alpha value is -6.49. The van der Waals surface area contributed by atoms with Crippen LogP contribution in [0.15, 0.2) is 121 Å². The molecule has 4 aromatic carbocycles. The second-order valence-electron chi connectivity index (χ2n) is 21.3. The van der Waals surface area contributed by atoms with E-state index in [1.54, 1.807) is 69.2 Å². The zero-order valence-corrected chi connectivity index (χ0v) is 44.3. The maximum atomic E-state index is 15.0. The summed E-state index contributed by atoms with van der Waals surface area (Å²) in [6.45, 7) is 17.5. The molecule has 2 heterocycles. The first-order chi connectivity index (χ1) is 35.0. The van der Waals surface area contributed by atoms with Crippen molar-refractivity contribution in [3.05, 3.63) is 172 Å². The molecule has 1 aliphatic heterocycles. The van der Waals surface area contributed by atoms with Gasteiger partial charge in [-0.25, -0.2) is 19.2 Å². The first-order valence-corrected chi connectivity index (χ1v) is 25.0. The summed E-state index contributed by atoms with van der Waals surface area (Å²) in [6, 6.07) is 37.1. The van der Waals surface area contributed by atoms with Crippen LogP contribution in [0.2, 0.25) is 0 Å². The number of amides is 1. The van der Waals surface area contributed by atoms with Crippen molar-refractivity contribution in [1.29, 1.82) is 0 Å². The highest BCUT2D eigenvalue weighted by Crippen LogP contribution is 2.36. The van der Waals surface area contributed by atoms with Crippen LogP contribution < -0.4 is 5.32 Å². The van der Waals surface area contributed by atoms with Gasteiger partial charge in [-0.1, -0.05) is 121 Å². The molecule has 1 amide bonds. The predicted octanol–water partition coefficient (Wildman–Crippen LogP) is 10.1. The first kappa shape index (κ1) is 56.8. The number of rotatable bonds is 21. The van der Waals surface area contributed by atoms with Crippen molar-refractivity contribution in [3.63, 3.8) is 0 Å². The number of aromatic nitrogens is 1. The number of carboxylic acid groups (broad SMARTS) is 1. The highest BCUT2D eigenvalue weighted by atomic mass is 16.6. The molecular weight excluding hydrogens is 945 g/mol. The lowest BCUT2D eigenvalue weighted by atomic mass is 9.86. The second kappa shape index (κ2) is 25.6. The number of carboxylic acids is 1. The normalized spacial score (nSPS) is 18.5. The van der Waals surface area contributed by atoms with E-state index in [0.29, 0.717) is 0 Å². The van der Waals surface area contributed by atoms with E-state index in [1.807, 2.05) is 121 Å². The number of ether oxygens (including phenoxy) is 8. The summed E-state index contributed by atoms with van der Waals surface area (Å²) in [4.78, 5) is 60.6. The Morgan fingerprint density at radius 2 is 0.973 bits per heavy atom. The van der Waals surface area contributed by atoms with Crippen molar-refractivity contribution >= 4 is 24.0 Å². The van der Waals surface area contributed by atoms with E-state index in [-0.39, 0.29) is 67.5 Å². The standard InChI is InChI=1S/C59H72N2O13/c1-38-48(54(64)72-57(2,3)4)43(49(55(65)73-58(5,6)7)44(60-38)32-45(53(62)63)61-56(66)74-59(8,9)10)31-46-50(68-34-40-25-17-12-18-26-40)52(70-36-42-29-21-14-22-30-42)51(69-35-41-27-19-13-20-28-41)47(71-46)37-67-33-39-23-15-11-16-24-39/h11-30,45-47,50-52H,31-37H2,1-10H3,(H,61,66)(H,62,63)/t45-,46-,47+,50-,51-,52+/m0/s1. The third kappa shape index (κ3) is 17.3. The van der Waals surface area contributed by atoms with Gasteiger partial charge in [0.2, 0.25) is 0 Å². The molecule has 396 valence electrons. The third-order valence-electron chi connectivity index (χ3n) is 11.5. The Labute approximate surface area is 435 Å². The first-order valence-electron chi connectivity index (χ1n) is 25.0.